The summed E-state index contributed by atoms with van der Waals surface area (Å²) in [5, 5.41) is 19.7. The van der Waals surface area contributed by atoms with E-state index in [9.17, 15) is 9.59 Å². The van der Waals surface area contributed by atoms with Crippen molar-refractivity contribution in [1.29, 1.82) is 10.8 Å². The van der Waals surface area contributed by atoms with Gasteiger partial charge in [0.25, 0.3) is 0 Å². The summed E-state index contributed by atoms with van der Waals surface area (Å²) >= 11 is 0. The average molecular weight is 676 g/mol. The SMILES string of the molecule is CN/C=N\C(=N)c1ccc(C2=CCN(C(=O)CN3CC[C@]4(CCN(c5ccc(N)c(C(=N)c6ccc(OC(C)C)nc6)c5)C4=O)C3)CC2)cc1. The number of anilines is 2. The highest BCUT2D eigenvalue weighted by molar-refractivity contribution is 6.14. The zero-order valence-corrected chi connectivity index (χ0v) is 28.9. The molecule has 1 atom stereocenters. The molecule has 2 saturated heterocycles. The highest BCUT2D eigenvalue weighted by Gasteiger charge is 2.51. The molecule has 3 aliphatic rings. The van der Waals surface area contributed by atoms with E-state index in [1.807, 2.05) is 55.1 Å². The van der Waals surface area contributed by atoms with Crippen LogP contribution in [-0.4, -0.2) is 96.9 Å². The molecule has 1 spiro atoms. The van der Waals surface area contributed by atoms with Gasteiger partial charge in [-0.1, -0.05) is 30.3 Å². The number of aliphatic imine (C=N–C) groups is 1. The van der Waals surface area contributed by atoms with Crippen LogP contribution < -0.4 is 20.7 Å². The van der Waals surface area contributed by atoms with Gasteiger partial charge in [0, 0.05) is 73.6 Å². The Morgan fingerprint density at radius 3 is 2.52 bits per heavy atom. The number of hydrogen-bond acceptors (Lipinski definition) is 8. The lowest BCUT2D eigenvalue weighted by Gasteiger charge is -2.29. The highest BCUT2D eigenvalue weighted by Crippen LogP contribution is 2.43. The van der Waals surface area contributed by atoms with Crippen LogP contribution in [0.5, 0.6) is 5.88 Å². The molecular formula is C38H45N9O3. The summed E-state index contributed by atoms with van der Waals surface area (Å²) in [5.74, 6) is 0.826. The Kier molecular flexibility index (Phi) is 10.1. The minimum atomic E-state index is -0.526. The number of carbonyl (C=O) groups is 2. The van der Waals surface area contributed by atoms with Crippen molar-refractivity contribution in [1.82, 2.24) is 20.1 Å². The number of nitrogens with one attached hydrogen (secondary N) is 3. The molecule has 2 aromatic carbocycles. The van der Waals surface area contributed by atoms with Crippen LogP contribution in [0.15, 0.2) is 71.9 Å². The molecule has 0 unspecified atom stereocenters. The van der Waals surface area contributed by atoms with Gasteiger partial charge in [0.15, 0.2) is 5.84 Å². The van der Waals surface area contributed by atoms with E-state index >= 15 is 0 Å². The number of hydrogen-bond donors (Lipinski definition) is 4. The first-order valence-electron chi connectivity index (χ1n) is 17.1. The number of benzene rings is 2. The molecule has 2 fully saturated rings. The molecule has 6 rings (SSSR count). The maximum absolute atomic E-state index is 14.0. The Bertz CT molecular complexity index is 1830. The molecule has 4 heterocycles. The first-order valence-corrected chi connectivity index (χ1v) is 17.1. The molecule has 50 heavy (non-hydrogen) atoms. The molecule has 5 N–H and O–H groups in total. The summed E-state index contributed by atoms with van der Waals surface area (Å²) < 4.78 is 5.63. The van der Waals surface area contributed by atoms with Gasteiger partial charge in [-0.2, -0.15) is 0 Å². The summed E-state index contributed by atoms with van der Waals surface area (Å²) in [4.78, 5) is 41.5. The van der Waals surface area contributed by atoms with Gasteiger partial charge in [0.1, 0.15) is 0 Å². The van der Waals surface area contributed by atoms with Crippen LogP contribution in [-0.2, 0) is 9.59 Å². The molecular weight excluding hydrogens is 630 g/mol. The van der Waals surface area contributed by atoms with E-state index in [1.54, 1.807) is 36.3 Å². The van der Waals surface area contributed by atoms with Gasteiger partial charge in [-0.05, 0) is 75.1 Å². The maximum Gasteiger partial charge on any atom is 0.237 e. The number of carbonyl (C=O) groups excluding carboxylic acids is 2. The molecule has 0 saturated carbocycles. The third-order valence-corrected chi connectivity index (χ3v) is 9.72. The number of likely N-dealkylation sites (tertiary alicyclic amines) is 1. The second-order valence-electron chi connectivity index (χ2n) is 13.4. The fourth-order valence-electron chi connectivity index (χ4n) is 6.96. The summed E-state index contributed by atoms with van der Waals surface area (Å²) in [6.07, 6.45) is 7.38. The molecule has 12 heteroatoms. The summed E-state index contributed by atoms with van der Waals surface area (Å²) in [6.45, 7) is 7.16. The van der Waals surface area contributed by atoms with Gasteiger partial charge < -0.3 is 25.6 Å². The lowest BCUT2D eigenvalue weighted by atomic mass is 9.85. The molecule has 2 amide bonds. The fourth-order valence-corrected chi connectivity index (χ4v) is 6.96. The van der Waals surface area contributed by atoms with Crippen LogP contribution in [0, 0.1) is 16.2 Å². The van der Waals surface area contributed by atoms with Crippen LogP contribution in [0.1, 0.15) is 55.4 Å². The van der Waals surface area contributed by atoms with E-state index in [0.29, 0.717) is 80.5 Å². The zero-order valence-electron chi connectivity index (χ0n) is 28.9. The Hall–Kier alpha value is -5.36. The molecule has 3 aliphatic heterocycles. The maximum atomic E-state index is 14.0. The second kappa shape index (κ2) is 14.6. The number of nitrogen functional groups attached to an aromatic ring is 1. The summed E-state index contributed by atoms with van der Waals surface area (Å²) in [5.41, 5.74) is 11.4. The third kappa shape index (κ3) is 7.30. The minimum Gasteiger partial charge on any atom is -0.475 e. The summed E-state index contributed by atoms with van der Waals surface area (Å²) in [6, 6.07) is 16.8. The van der Waals surface area contributed by atoms with Gasteiger partial charge in [0.2, 0.25) is 17.7 Å². The van der Waals surface area contributed by atoms with Crippen molar-refractivity contribution in [3.63, 3.8) is 0 Å². The smallest absolute Gasteiger partial charge is 0.237 e. The third-order valence-electron chi connectivity index (χ3n) is 9.72. The van der Waals surface area contributed by atoms with E-state index in [0.717, 1.165) is 17.5 Å². The molecule has 3 aromatic rings. The topological polar surface area (TPSA) is 164 Å². The van der Waals surface area contributed by atoms with E-state index in [-0.39, 0.29) is 29.5 Å². The Morgan fingerprint density at radius 1 is 1.08 bits per heavy atom. The van der Waals surface area contributed by atoms with E-state index in [1.165, 1.54) is 11.9 Å². The van der Waals surface area contributed by atoms with E-state index < -0.39 is 5.41 Å². The van der Waals surface area contributed by atoms with Crippen molar-refractivity contribution in [2.75, 3.05) is 56.9 Å². The number of amidine groups is 1. The first-order chi connectivity index (χ1) is 24.1. The standard InChI is InChI=1S/C38H45N9O3/c1-25(2)50-33-11-8-29(21-43-33)35(40)31-20-30(9-10-32(31)39)47-19-15-38(37(47)49)14-18-45(23-38)22-34(48)46-16-12-27(13-17-46)26-4-6-28(7-5-26)36(41)44-24-42-3/h4-12,20-21,24-25,40H,13-19,22-23,39H2,1-3H3,(H2,41,42,44)/t38-/m0/s1. The normalized spacial score (nSPS) is 19.4. The number of nitrogens with zero attached hydrogens (tertiary/aromatic N) is 5. The molecule has 0 radical (unpaired) electrons. The van der Waals surface area contributed by atoms with Crippen molar-refractivity contribution < 1.29 is 14.3 Å². The van der Waals surface area contributed by atoms with Crippen LogP contribution >= 0.6 is 0 Å². The first kappa shape index (κ1) is 34.5. The van der Waals surface area contributed by atoms with Gasteiger partial charge in [0.05, 0.1) is 30.1 Å². The minimum absolute atomic E-state index is 0.00132. The number of rotatable bonds is 10. The van der Waals surface area contributed by atoms with Crippen LogP contribution in [0.25, 0.3) is 5.57 Å². The molecule has 12 nitrogen and oxygen atoms in total. The van der Waals surface area contributed by atoms with Gasteiger partial charge in [-0.3, -0.25) is 25.3 Å². The van der Waals surface area contributed by atoms with Crippen molar-refractivity contribution in [3.8, 4) is 5.88 Å². The zero-order chi connectivity index (χ0) is 35.4. The molecule has 1 aromatic heterocycles. The molecule has 0 aliphatic carbocycles. The van der Waals surface area contributed by atoms with Crippen molar-refractivity contribution >= 4 is 46.6 Å². The monoisotopic (exact) mass is 675 g/mol. The number of aromatic nitrogens is 1. The predicted octanol–water partition coefficient (Wildman–Crippen LogP) is 4.18. The Balaban J connectivity index is 1.04. The fraction of sp³-hybridized carbons (Fsp3) is 0.368. The average Bonchev–Trinajstić information content (AvgIpc) is 3.68. The van der Waals surface area contributed by atoms with Crippen LogP contribution in [0.2, 0.25) is 0 Å². The van der Waals surface area contributed by atoms with Crippen molar-refractivity contribution in [3.05, 3.63) is 89.1 Å². The number of nitrogens with two attached hydrogens (primary N) is 1. The van der Waals surface area contributed by atoms with Crippen molar-refractivity contribution in [2.24, 2.45) is 10.4 Å². The number of ether oxygens (including phenoxy) is 1. The lowest BCUT2D eigenvalue weighted by Crippen LogP contribution is -2.43. The molecule has 260 valence electrons. The van der Waals surface area contributed by atoms with Crippen LogP contribution in [0.4, 0.5) is 11.4 Å². The number of pyridine rings is 1. The van der Waals surface area contributed by atoms with Crippen LogP contribution in [0.3, 0.4) is 0 Å². The highest BCUT2D eigenvalue weighted by atomic mass is 16.5. The second-order valence-corrected chi connectivity index (χ2v) is 13.4. The Labute approximate surface area is 293 Å². The summed E-state index contributed by atoms with van der Waals surface area (Å²) in [7, 11) is 1.74. The van der Waals surface area contributed by atoms with Gasteiger partial charge in [-0.15, -0.1) is 0 Å². The number of amides is 2. The van der Waals surface area contributed by atoms with Crippen molar-refractivity contribution in [2.45, 2.75) is 39.2 Å². The largest absolute Gasteiger partial charge is 0.475 e. The predicted molar refractivity (Wildman–Crippen MR) is 197 cm³/mol. The molecule has 0 bridgehead atoms. The van der Waals surface area contributed by atoms with Gasteiger partial charge in [-0.25, -0.2) is 9.98 Å². The lowest BCUT2D eigenvalue weighted by molar-refractivity contribution is -0.132. The van der Waals surface area contributed by atoms with Gasteiger partial charge >= 0.3 is 0 Å². The Morgan fingerprint density at radius 2 is 1.84 bits per heavy atom. The van der Waals surface area contributed by atoms with E-state index in [4.69, 9.17) is 21.3 Å². The van der Waals surface area contributed by atoms with E-state index in [2.05, 4.69) is 26.3 Å². The quantitative estimate of drug-likeness (QED) is 0.142.